The highest BCUT2D eigenvalue weighted by atomic mass is 16.2. The normalized spacial score (nSPS) is 16.4. The van der Waals surface area contributed by atoms with Crippen LogP contribution in [0.3, 0.4) is 0 Å². The lowest BCUT2D eigenvalue weighted by molar-refractivity contribution is 0.0937. The summed E-state index contributed by atoms with van der Waals surface area (Å²) in [5.41, 5.74) is 3.26. The van der Waals surface area contributed by atoms with Gasteiger partial charge in [0.25, 0.3) is 5.91 Å². The van der Waals surface area contributed by atoms with Crippen molar-refractivity contribution in [2.75, 3.05) is 26.2 Å². The first-order valence-electron chi connectivity index (χ1n) is 9.54. The van der Waals surface area contributed by atoms with Crippen LogP contribution in [0.5, 0.6) is 0 Å². The second kappa shape index (κ2) is 8.45. The number of carbonyl (C=O) groups is 1. The van der Waals surface area contributed by atoms with E-state index in [9.17, 15) is 4.79 Å². The number of piperidine rings is 1. The van der Waals surface area contributed by atoms with E-state index in [1.807, 2.05) is 38.1 Å². The van der Waals surface area contributed by atoms with Crippen molar-refractivity contribution >= 4 is 5.91 Å². The smallest absolute Gasteiger partial charge is 0.273 e. The number of carbonyl (C=O) groups excluding carboxylic acids is 1. The summed E-state index contributed by atoms with van der Waals surface area (Å²) in [5, 5.41) is 11.3. The van der Waals surface area contributed by atoms with Crippen LogP contribution in [0.15, 0.2) is 24.3 Å². The number of hydrogen-bond acceptors (Lipinski definition) is 4. The maximum Gasteiger partial charge on any atom is 0.273 e. The van der Waals surface area contributed by atoms with E-state index in [4.69, 9.17) is 0 Å². The molecular formula is C20H29N5O. The van der Waals surface area contributed by atoms with Gasteiger partial charge in [-0.3, -0.25) is 4.79 Å². The number of aryl methyl sites for hydroxylation is 1. The maximum absolute atomic E-state index is 12.5. The average molecular weight is 355 g/mol. The molecule has 2 heterocycles. The molecule has 1 aromatic carbocycles. The molecule has 6 nitrogen and oxygen atoms in total. The third-order valence-electron chi connectivity index (χ3n) is 5.02. The first-order valence-corrected chi connectivity index (χ1v) is 9.54. The van der Waals surface area contributed by atoms with Crippen LogP contribution in [0.1, 0.15) is 47.9 Å². The molecule has 26 heavy (non-hydrogen) atoms. The molecule has 1 fully saturated rings. The van der Waals surface area contributed by atoms with Gasteiger partial charge in [0.1, 0.15) is 0 Å². The van der Waals surface area contributed by atoms with Crippen LogP contribution < -0.4 is 5.32 Å². The average Bonchev–Trinajstić information content (AvgIpc) is 3.03. The van der Waals surface area contributed by atoms with Gasteiger partial charge in [-0.1, -0.05) is 36.3 Å². The fourth-order valence-corrected chi connectivity index (χ4v) is 3.47. The molecule has 0 bridgehead atoms. The summed E-state index contributed by atoms with van der Waals surface area (Å²) < 4.78 is 1.71. The first kappa shape index (κ1) is 18.6. The number of rotatable bonds is 6. The molecule has 1 aliphatic heterocycles. The Balaban J connectivity index is 1.57. The zero-order valence-corrected chi connectivity index (χ0v) is 16.0. The van der Waals surface area contributed by atoms with Crippen molar-refractivity contribution in [2.24, 2.45) is 5.92 Å². The number of benzene rings is 1. The van der Waals surface area contributed by atoms with Gasteiger partial charge in [-0.05, 0) is 57.8 Å². The molecule has 2 aromatic rings. The van der Waals surface area contributed by atoms with E-state index in [0.29, 0.717) is 18.2 Å². The number of likely N-dealkylation sites (tertiary alicyclic amines) is 1. The van der Waals surface area contributed by atoms with E-state index < -0.39 is 0 Å². The zero-order valence-electron chi connectivity index (χ0n) is 16.0. The lowest BCUT2D eigenvalue weighted by Crippen LogP contribution is -2.38. The highest BCUT2D eigenvalue weighted by molar-refractivity contribution is 5.93. The fraction of sp³-hybridized carbons (Fsp3) is 0.550. The minimum Gasteiger partial charge on any atom is -0.350 e. The van der Waals surface area contributed by atoms with E-state index in [1.165, 1.54) is 37.9 Å². The quantitative estimate of drug-likeness (QED) is 0.865. The minimum absolute atomic E-state index is 0.147. The summed E-state index contributed by atoms with van der Waals surface area (Å²) in [7, 11) is 0. The standard InChI is InChI=1S/C20H29N5O/c1-15-7-9-18(10-8-15)25-17(3)19(22-23-25)20(26)21-13-16(2)14-24-11-5-4-6-12-24/h7-10,16H,4-6,11-14H2,1-3H3,(H,21,26). The molecule has 1 atom stereocenters. The highest BCUT2D eigenvalue weighted by Crippen LogP contribution is 2.14. The van der Waals surface area contributed by atoms with Gasteiger partial charge in [-0.25, -0.2) is 4.68 Å². The Morgan fingerprint density at radius 2 is 1.85 bits per heavy atom. The summed E-state index contributed by atoms with van der Waals surface area (Å²) in [6.07, 6.45) is 3.93. The largest absolute Gasteiger partial charge is 0.350 e. The van der Waals surface area contributed by atoms with Crippen molar-refractivity contribution in [3.8, 4) is 5.69 Å². The Labute approximate surface area is 155 Å². The van der Waals surface area contributed by atoms with Gasteiger partial charge in [0.05, 0.1) is 11.4 Å². The molecule has 1 N–H and O–H groups in total. The molecule has 0 saturated carbocycles. The highest BCUT2D eigenvalue weighted by Gasteiger charge is 2.19. The summed E-state index contributed by atoms with van der Waals surface area (Å²) in [5.74, 6) is 0.274. The van der Waals surface area contributed by atoms with Crippen LogP contribution in [-0.4, -0.2) is 52.0 Å². The molecule has 6 heteroatoms. The van der Waals surface area contributed by atoms with Crippen LogP contribution in [0.4, 0.5) is 0 Å². The number of aromatic nitrogens is 3. The Bertz CT molecular complexity index is 731. The molecule has 1 unspecified atom stereocenters. The van der Waals surface area contributed by atoms with Crippen LogP contribution in [0.2, 0.25) is 0 Å². The van der Waals surface area contributed by atoms with Gasteiger partial charge in [-0.15, -0.1) is 5.10 Å². The first-order chi connectivity index (χ1) is 12.5. The van der Waals surface area contributed by atoms with Crippen molar-refractivity contribution in [1.29, 1.82) is 0 Å². The zero-order chi connectivity index (χ0) is 18.5. The second-order valence-corrected chi connectivity index (χ2v) is 7.45. The molecule has 0 aliphatic carbocycles. The lowest BCUT2D eigenvalue weighted by atomic mass is 10.1. The van der Waals surface area contributed by atoms with E-state index >= 15 is 0 Å². The van der Waals surface area contributed by atoms with E-state index in [2.05, 4.69) is 27.5 Å². The van der Waals surface area contributed by atoms with Gasteiger partial charge in [0, 0.05) is 13.1 Å². The van der Waals surface area contributed by atoms with Crippen molar-refractivity contribution in [3.05, 3.63) is 41.2 Å². The minimum atomic E-state index is -0.147. The number of amides is 1. The molecule has 0 radical (unpaired) electrons. The van der Waals surface area contributed by atoms with Crippen LogP contribution in [0, 0.1) is 19.8 Å². The third-order valence-corrected chi connectivity index (χ3v) is 5.02. The summed E-state index contributed by atoms with van der Waals surface area (Å²) in [6, 6.07) is 8.02. The summed E-state index contributed by atoms with van der Waals surface area (Å²) >= 11 is 0. The predicted molar refractivity (Wildman–Crippen MR) is 103 cm³/mol. The topological polar surface area (TPSA) is 63.1 Å². The molecule has 0 spiro atoms. The van der Waals surface area contributed by atoms with Gasteiger partial charge in [0.15, 0.2) is 5.69 Å². The molecular weight excluding hydrogens is 326 g/mol. The Kier molecular flexibility index (Phi) is 6.04. The second-order valence-electron chi connectivity index (χ2n) is 7.45. The molecule has 1 saturated heterocycles. The van der Waals surface area contributed by atoms with Gasteiger partial charge >= 0.3 is 0 Å². The van der Waals surface area contributed by atoms with Gasteiger partial charge in [-0.2, -0.15) is 0 Å². The summed E-state index contributed by atoms with van der Waals surface area (Å²) in [4.78, 5) is 15.0. The van der Waals surface area contributed by atoms with E-state index in [0.717, 1.165) is 17.9 Å². The van der Waals surface area contributed by atoms with Crippen LogP contribution in [-0.2, 0) is 0 Å². The maximum atomic E-state index is 12.5. The van der Waals surface area contributed by atoms with Crippen LogP contribution >= 0.6 is 0 Å². The predicted octanol–water partition coefficient (Wildman–Crippen LogP) is 2.74. The van der Waals surface area contributed by atoms with Crippen LogP contribution in [0.25, 0.3) is 5.69 Å². The van der Waals surface area contributed by atoms with E-state index in [-0.39, 0.29) is 5.91 Å². The van der Waals surface area contributed by atoms with E-state index in [1.54, 1.807) is 4.68 Å². The van der Waals surface area contributed by atoms with Gasteiger partial charge in [0.2, 0.25) is 0 Å². The monoisotopic (exact) mass is 355 g/mol. The Morgan fingerprint density at radius 3 is 2.54 bits per heavy atom. The lowest BCUT2D eigenvalue weighted by Gasteiger charge is -2.29. The number of nitrogens with zero attached hydrogens (tertiary/aromatic N) is 4. The fourth-order valence-electron chi connectivity index (χ4n) is 3.47. The molecule has 140 valence electrons. The van der Waals surface area contributed by atoms with Crippen molar-refractivity contribution < 1.29 is 4.79 Å². The molecule has 1 aromatic heterocycles. The van der Waals surface area contributed by atoms with Gasteiger partial charge < -0.3 is 10.2 Å². The molecule has 3 rings (SSSR count). The SMILES string of the molecule is Cc1ccc(-n2nnc(C(=O)NCC(C)CN3CCCCC3)c2C)cc1. The van der Waals surface area contributed by atoms with Crippen molar-refractivity contribution in [2.45, 2.75) is 40.0 Å². The third kappa shape index (κ3) is 4.49. The number of hydrogen-bond donors (Lipinski definition) is 1. The Morgan fingerprint density at radius 1 is 1.15 bits per heavy atom. The number of nitrogens with one attached hydrogen (secondary N) is 1. The van der Waals surface area contributed by atoms with Crippen molar-refractivity contribution in [1.82, 2.24) is 25.2 Å². The molecule has 1 amide bonds. The van der Waals surface area contributed by atoms with Crippen molar-refractivity contribution in [3.63, 3.8) is 0 Å². The Hall–Kier alpha value is -2.21. The summed E-state index contributed by atoms with van der Waals surface area (Å²) in [6.45, 7) is 10.2. The molecule has 1 aliphatic rings.